The van der Waals surface area contributed by atoms with Crippen LogP contribution in [0.15, 0.2) is 0 Å². The molecule has 1 heterocycles. The van der Waals surface area contributed by atoms with Crippen LogP contribution in [0, 0.1) is 0 Å². The van der Waals surface area contributed by atoms with E-state index in [0.717, 1.165) is 0 Å². The minimum absolute atomic E-state index is 0.133. The van der Waals surface area contributed by atoms with Crippen molar-refractivity contribution in [2.75, 3.05) is 0 Å². The molecular weight excluding hydrogens is 874 g/mol. The highest BCUT2D eigenvalue weighted by molar-refractivity contribution is 6.57. The first-order valence-corrected chi connectivity index (χ1v) is 15.6. The molecule has 4 rings (SSSR count). The molecule has 0 spiro atoms. The van der Waals surface area contributed by atoms with Crippen LogP contribution in [0.4, 0.5) is 0 Å². The molecule has 222 valence electrons. The Labute approximate surface area is 310 Å². The molecule has 0 aliphatic heterocycles. The Balaban J connectivity index is 1.90. The maximum Gasteiger partial charge on any atom is 0.331 e. The summed E-state index contributed by atoms with van der Waals surface area (Å²) in [4.78, 5) is 12.1. The fourth-order valence-corrected chi connectivity index (χ4v) is 6.35. The van der Waals surface area contributed by atoms with Crippen molar-refractivity contribution in [1.29, 1.82) is 0 Å². The van der Waals surface area contributed by atoms with E-state index >= 15 is 0 Å². The second-order valence-electron chi connectivity index (χ2n) is 7.19. The van der Waals surface area contributed by atoms with E-state index in [0.29, 0.717) is 0 Å². The van der Waals surface area contributed by atoms with Gasteiger partial charge in [-0.2, -0.15) is 0 Å². The van der Waals surface area contributed by atoms with Crippen molar-refractivity contribution in [3.8, 4) is 35.3 Å². The van der Waals surface area contributed by atoms with E-state index in [4.69, 9.17) is 188 Å². The Morgan fingerprint density at radius 1 is 0.238 bits per heavy atom. The summed E-state index contributed by atoms with van der Waals surface area (Å²) in [7, 11) is 0. The molecule has 0 atom stereocenters. The lowest BCUT2D eigenvalue weighted by Gasteiger charge is -2.16. The highest BCUT2D eigenvalue weighted by Gasteiger charge is 2.27. The summed E-state index contributed by atoms with van der Waals surface area (Å²) in [5.74, 6) is -0.908. The van der Waals surface area contributed by atoms with Crippen LogP contribution in [0.2, 0.25) is 75.3 Å². The number of rotatable bonds is 6. The number of benzene rings is 3. The second kappa shape index (κ2) is 14.0. The number of hydrogen-bond acceptors (Lipinski definition) is 6. The molecule has 42 heavy (non-hydrogen) atoms. The molecule has 0 bridgehead atoms. The van der Waals surface area contributed by atoms with E-state index in [1.165, 1.54) is 0 Å². The van der Waals surface area contributed by atoms with Crippen LogP contribution < -0.4 is 14.2 Å². The molecular formula is C21Cl15N3O3. The van der Waals surface area contributed by atoms with Crippen LogP contribution in [0.5, 0.6) is 35.3 Å². The van der Waals surface area contributed by atoms with Crippen molar-refractivity contribution in [3.05, 3.63) is 75.3 Å². The second-order valence-corrected chi connectivity index (χ2v) is 12.9. The average Bonchev–Trinajstić information content (AvgIpc) is 2.97. The standard InChI is InChI=1S/C21Cl15N3O3/c22-1-4(25)10(31)16(11(32)5(1)26)40-19-37-20(41-17-12(33)6(27)2(23)7(28)13(17)34)39-21(38-19)42-18-14(35)8(29)3(24)9(30)15(18)36. The van der Waals surface area contributed by atoms with Gasteiger partial charge in [0, 0.05) is 0 Å². The van der Waals surface area contributed by atoms with E-state index in [1.807, 2.05) is 0 Å². The van der Waals surface area contributed by atoms with Crippen molar-refractivity contribution < 1.29 is 14.2 Å². The third-order valence-electron chi connectivity index (χ3n) is 4.66. The Morgan fingerprint density at radius 2 is 0.381 bits per heavy atom. The number of halogens is 15. The van der Waals surface area contributed by atoms with Crippen LogP contribution in [0.25, 0.3) is 0 Å². The molecule has 1 aromatic heterocycles. The molecule has 0 saturated heterocycles. The van der Waals surface area contributed by atoms with Gasteiger partial charge in [0.05, 0.1) is 45.2 Å². The lowest BCUT2D eigenvalue weighted by Crippen LogP contribution is -2.03. The largest absolute Gasteiger partial charge is 0.421 e. The number of ether oxygens (including phenoxy) is 3. The van der Waals surface area contributed by atoms with Gasteiger partial charge < -0.3 is 14.2 Å². The Hall–Kier alpha value is 0.420. The fraction of sp³-hybridized carbons (Fsp3) is 0. The van der Waals surface area contributed by atoms with Crippen LogP contribution in [0.3, 0.4) is 0 Å². The van der Waals surface area contributed by atoms with Gasteiger partial charge in [0.1, 0.15) is 30.1 Å². The predicted octanol–water partition coefficient (Wildman–Crippen LogP) is 15.0. The first-order chi connectivity index (χ1) is 19.6. The maximum absolute atomic E-state index is 6.28. The highest BCUT2D eigenvalue weighted by atomic mass is 35.5. The molecule has 0 radical (unpaired) electrons. The molecule has 0 unspecified atom stereocenters. The first kappa shape index (κ1) is 35.3. The number of aromatic nitrogens is 3. The molecule has 21 heteroatoms. The maximum atomic E-state index is 6.28. The zero-order chi connectivity index (χ0) is 31.4. The summed E-state index contributed by atoms with van der Waals surface area (Å²) in [6.45, 7) is 0. The number of nitrogens with zero attached hydrogens (tertiary/aromatic N) is 3. The van der Waals surface area contributed by atoms with Crippen molar-refractivity contribution in [2.24, 2.45) is 0 Å². The Kier molecular flexibility index (Phi) is 11.8. The van der Waals surface area contributed by atoms with E-state index in [-0.39, 0.29) is 92.6 Å². The van der Waals surface area contributed by atoms with Crippen LogP contribution in [0.1, 0.15) is 0 Å². The van der Waals surface area contributed by atoms with E-state index in [2.05, 4.69) is 15.0 Å². The highest BCUT2D eigenvalue weighted by Crippen LogP contribution is 2.52. The molecule has 0 aliphatic carbocycles. The van der Waals surface area contributed by atoms with Crippen LogP contribution in [-0.4, -0.2) is 15.0 Å². The smallest absolute Gasteiger partial charge is 0.331 e. The summed E-state index contributed by atoms with van der Waals surface area (Å²) in [6.07, 6.45) is 0. The van der Waals surface area contributed by atoms with E-state index in [9.17, 15) is 0 Å². The minimum atomic E-state index is -0.565. The normalized spacial score (nSPS) is 11.2. The zero-order valence-electron chi connectivity index (χ0n) is 18.7. The van der Waals surface area contributed by atoms with E-state index in [1.54, 1.807) is 0 Å². The fourth-order valence-electron chi connectivity index (χ4n) is 2.75. The SMILES string of the molecule is Clc1c(Cl)c(Cl)c(Oc2nc(Oc3c(Cl)c(Cl)c(Cl)c(Cl)c3Cl)nc(Oc3c(Cl)c(Cl)c(Cl)c(Cl)c3Cl)n2)c(Cl)c1Cl. The van der Waals surface area contributed by atoms with Gasteiger partial charge in [0.25, 0.3) is 0 Å². The molecule has 4 aromatic rings. The van der Waals surface area contributed by atoms with Crippen molar-refractivity contribution >= 4 is 174 Å². The minimum Gasteiger partial charge on any atom is -0.421 e. The third-order valence-corrected chi connectivity index (χ3v) is 11.4. The van der Waals surface area contributed by atoms with Crippen LogP contribution in [-0.2, 0) is 0 Å². The van der Waals surface area contributed by atoms with Gasteiger partial charge in [-0.15, -0.1) is 15.0 Å². The summed E-state index contributed by atoms with van der Waals surface area (Å²) in [5.41, 5.74) is 0. The molecule has 0 aliphatic rings. The van der Waals surface area contributed by atoms with Gasteiger partial charge in [-0.1, -0.05) is 174 Å². The lowest BCUT2D eigenvalue weighted by atomic mass is 10.3. The van der Waals surface area contributed by atoms with Crippen LogP contribution >= 0.6 is 174 Å². The monoisotopic (exact) mass is 867 g/mol. The van der Waals surface area contributed by atoms with Gasteiger partial charge >= 0.3 is 18.0 Å². The predicted molar refractivity (Wildman–Crippen MR) is 175 cm³/mol. The Morgan fingerprint density at radius 3 is 0.548 bits per heavy atom. The van der Waals surface area contributed by atoms with Gasteiger partial charge in [0.2, 0.25) is 0 Å². The van der Waals surface area contributed by atoms with Gasteiger partial charge in [0.15, 0.2) is 17.2 Å². The van der Waals surface area contributed by atoms with Gasteiger partial charge in [-0.05, 0) is 0 Å². The van der Waals surface area contributed by atoms with Gasteiger partial charge in [-0.3, -0.25) is 0 Å². The summed E-state index contributed by atoms with van der Waals surface area (Å²) in [5, 5.41) is -2.96. The Bertz CT molecular complexity index is 1480. The molecule has 0 fully saturated rings. The molecule has 0 N–H and O–H groups in total. The molecule has 0 amide bonds. The third kappa shape index (κ3) is 6.76. The van der Waals surface area contributed by atoms with Crippen molar-refractivity contribution in [1.82, 2.24) is 15.0 Å². The quantitative estimate of drug-likeness (QED) is 0.142. The van der Waals surface area contributed by atoms with Crippen molar-refractivity contribution in [2.45, 2.75) is 0 Å². The topological polar surface area (TPSA) is 66.4 Å². The average molecular weight is 874 g/mol. The molecule has 0 saturated carbocycles. The summed E-state index contributed by atoms with van der Waals surface area (Å²) < 4.78 is 17.0. The van der Waals surface area contributed by atoms with Gasteiger partial charge in [-0.25, -0.2) is 0 Å². The lowest BCUT2D eigenvalue weighted by molar-refractivity contribution is 0.362. The zero-order valence-corrected chi connectivity index (χ0v) is 30.1. The molecule has 3 aromatic carbocycles. The summed E-state index contributed by atoms with van der Waals surface area (Å²) in [6, 6.07) is -1.69. The number of hydrogen-bond donors (Lipinski definition) is 0. The first-order valence-electron chi connectivity index (χ1n) is 9.90. The van der Waals surface area contributed by atoms with Crippen molar-refractivity contribution in [3.63, 3.8) is 0 Å². The van der Waals surface area contributed by atoms with E-state index < -0.39 is 18.0 Å². The summed E-state index contributed by atoms with van der Waals surface area (Å²) >= 11 is 92.6. The molecule has 6 nitrogen and oxygen atoms in total.